The van der Waals surface area contributed by atoms with Gasteiger partial charge in [-0.05, 0) is 40.7 Å². The zero-order valence-corrected chi connectivity index (χ0v) is 11.6. The van der Waals surface area contributed by atoms with Crippen LogP contribution in [0.25, 0.3) is 0 Å². The van der Waals surface area contributed by atoms with Crippen LogP contribution in [0.3, 0.4) is 0 Å². The van der Waals surface area contributed by atoms with Gasteiger partial charge in [-0.1, -0.05) is 18.5 Å². The smallest absolute Gasteiger partial charge is 0.141 e. The predicted molar refractivity (Wildman–Crippen MR) is 71.2 cm³/mol. The number of rotatable bonds is 4. The van der Waals surface area contributed by atoms with Crippen molar-refractivity contribution in [1.82, 2.24) is 10.3 Å². The molecule has 0 bridgehead atoms. The summed E-state index contributed by atoms with van der Waals surface area (Å²) in [5.74, 6) is 0.785. The zero-order valence-electron chi connectivity index (χ0n) is 9.28. The second-order valence-electron chi connectivity index (χ2n) is 3.49. The normalized spacial score (nSPS) is 12.6. The van der Waals surface area contributed by atoms with Crippen LogP contribution in [0.4, 0.5) is 0 Å². The van der Waals surface area contributed by atoms with Crippen LogP contribution >= 0.6 is 27.5 Å². The number of aromatic nitrogens is 1. The fourth-order valence-corrected chi connectivity index (χ4v) is 2.30. The van der Waals surface area contributed by atoms with Crippen molar-refractivity contribution in [2.75, 3.05) is 6.54 Å². The maximum absolute atomic E-state index is 6.16. The van der Waals surface area contributed by atoms with E-state index in [1.54, 1.807) is 12.5 Å². The van der Waals surface area contributed by atoms with Crippen molar-refractivity contribution in [2.45, 2.75) is 13.0 Å². The van der Waals surface area contributed by atoms with Gasteiger partial charge in [-0.3, -0.25) is 4.98 Å². The van der Waals surface area contributed by atoms with E-state index in [1.807, 2.05) is 25.1 Å². The van der Waals surface area contributed by atoms with Crippen LogP contribution in [-0.4, -0.2) is 11.5 Å². The number of furan rings is 1. The van der Waals surface area contributed by atoms with Crippen molar-refractivity contribution in [1.29, 1.82) is 0 Å². The van der Waals surface area contributed by atoms with Crippen molar-refractivity contribution < 1.29 is 4.42 Å². The molecule has 0 aliphatic carbocycles. The molecule has 1 N–H and O–H groups in total. The van der Waals surface area contributed by atoms with E-state index in [2.05, 4.69) is 26.2 Å². The molecule has 0 radical (unpaired) electrons. The summed E-state index contributed by atoms with van der Waals surface area (Å²) in [6, 6.07) is 5.35. The lowest BCUT2D eigenvalue weighted by Crippen LogP contribution is -2.23. The predicted octanol–water partition coefficient (Wildman–Crippen LogP) is 3.79. The van der Waals surface area contributed by atoms with Crippen molar-refractivity contribution in [3.8, 4) is 0 Å². The molecule has 0 aromatic carbocycles. The van der Waals surface area contributed by atoms with Gasteiger partial charge in [0.1, 0.15) is 11.8 Å². The Hall–Kier alpha value is -0.840. The van der Waals surface area contributed by atoms with Crippen LogP contribution in [0.2, 0.25) is 5.02 Å². The van der Waals surface area contributed by atoms with Crippen LogP contribution in [0, 0.1) is 0 Å². The Balaban J connectivity index is 2.43. The summed E-state index contributed by atoms with van der Waals surface area (Å²) in [6.45, 7) is 2.82. The Bertz CT molecular complexity index is 501. The maximum atomic E-state index is 6.16. The average molecular weight is 316 g/mol. The Morgan fingerprint density at radius 2 is 2.35 bits per heavy atom. The molecular weight excluding hydrogens is 304 g/mol. The molecule has 90 valence electrons. The highest BCUT2D eigenvalue weighted by molar-refractivity contribution is 9.10. The Morgan fingerprint density at radius 3 is 2.94 bits per heavy atom. The average Bonchev–Trinajstić information content (AvgIpc) is 2.74. The van der Waals surface area contributed by atoms with Crippen LogP contribution in [0.5, 0.6) is 0 Å². The summed E-state index contributed by atoms with van der Waals surface area (Å²) in [5.41, 5.74) is 0.770. The van der Waals surface area contributed by atoms with E-state index >= 15 is 0 Å². The molecule has 5 heteroatoms. The van der Waals surface area contributed by atoms with Gasteiger partial charge < -0.3 is 9.73 Å². The largest absolute Gasteiger partial charge is 0.466 e. The SMILES string of the molecule is CCNC(c1ncccc1Cl)c1occc1Br. The number of halogens is 2. The molecule has 2 rings (SSSR count). The quantitative estimate of drug-likeness (QED) is 0.933. The molecule has 0 saturated heterocycles. The van der Waals surface area contributed by atoms with E-state index in [4.69, 9.17) is 16.0 Å². The molecule has 0 spiro atoms. The van der Waals surface area contributed by atoms with Crippen LogP contribution in [-0.2, 0) is 0 Å². The first-order valence-corrected chi connectivity index (χ1v) is 6.47. The zero-order chi connectivity index (χ0) is 12.3. The maximum Gasteiger partial charge on any atom is 0.141 e. The highest BCUT2D eigenvalue weighted by Gasteiger charge is 2.22. The van der Waals surface area contributed by atoms with E-state index < -0.39 is 0 Å². The van der Waals surface area contributed by atoms with Crippen molar-refractivity contribution in [2.24, 2.45) is 0 Å². The number of nitrogens with zero attached hydrogens (tertiary/aromatic N) is 1. The second kappa shape index (κ2) is 5.67. The van der Waals surface area contributed by atoms with Crippen molar-refractivity contribution in [3.05, 3.63) is 51.6 Å². The molecule has 0 aliphatic rings. The molecule has 2 heterocycles. The van der Waals surface area contributed by atoms with Gasteiger partial charge in [-0.15, -0.1) is 0 Å². The Morgan fingerprint density at radius 1 is 1.53 bits per heavy atom. The van der Waals surface area contributed by atoms with Gasteiger partial charge in [0, 0.05) is 6.20 Å². The summed E-state index contributed by atoms with van der Waals surface area (Å²) in [6.07, 6.45) is 3.36. The summed E-state index contributed by atoms with van der Waals surface area (Å²) in [5, 5.41) is 3.94. The minimum atomic E-state index is -0.141. The third-order valence-corrected chi connectivity index (χ3v) is 3.35. The number of nitrogens with one attached hydrogen (secondary N) is 1. The minimum Gasteiger partial charge on any atom is -0.466 e. The lowest BCUT2D eigenvalue weighted by molar-refractivity contribution is 0.445. The van der Waals surface area contributed by atoms with Gasteiger partial charge in [0.2, 0.25) is 0 Å². The first kappa shape index (κ1) is 12.6. The van der Waals surface area contributed by atoms with Gasteiger partial charge in [-0.2, -0.15) is 0 Å². The van der Waals surface area contributed by atoms with Crippen LogP contribution < -0.4 is 5.32 Å². The van der Waals surface area contributed by atoms with Gasteiger partial charge in [0.05, 0.1) is 21.5 Å². The molecule has 3 nitrogen and oxygen atoms in total. The van der Waals surface area contributed by atoms with E-state index in [-0.39, 0.29) is 6.04 Å². The number of pyridine rings is 1. The van der Waals surface area contributed by atoms with Gasteiger partial charge in [0.25, 0.3) is 0 Å². The molecule has 0 aliphatic heterocycles. The summed E-state index contributed by atoms with van der Waals surface area (Å²) in [7, 11) is 0. The van der Waals surface area contributed by atoms with Gasteiger partial charge >= 0.3 is 0 Å². The number of hydrogen-bond donors (Lipinski definition) is 1. The molecule has 0 fully saturated rings. The van der Waals surface area contributed by atoms with E-state index in [1.165, 1.54) is 0 Å². The first-order valence-electron chi connectivity index (χ1n) is 5.30. The topological polar surface area (TPSA) is 38.1 Å². The summed E-state index contributed by atoms with van der Waals surface area (Å²) in [4.78, 5) is 4.32. The number of hydrogen-bond acceptors (Lipinski definition) is 3. The fourth-order valence-electron chi connectivity index (χ4n) is 1.64. The molecule has 2 aromatic heterocycles. The van der Waals surface area contributed by atoms with Crippen LogP contribution in [0.15, 0.2) is 39.5 Å². The van der Waals surface area contributed by atoms with Crippen LogP contribution in [0.1, 0.15) is 24.4 Å². The Labute approximate surface area is 113 Å². The van der Waals surface area contributed by atoms with Crippen molar-refractivity contribution in [3.63, 3.8) is 0 Å². The lowest BCUT2D eigenvalue weighted by Gasteiger charge is -2.16. The van der Waals surface area contributed by atoms with Crippen molar-refractivity contribution >= 4 is 27.5 Å². The van der Waals surface area contributed by atoms with Gasteiger partial charge in [-0.25, -0.2) is 0 Å². The molecule has 0 amide bonds. The third-order valence-electron chi connectivity index (χ3n) is 2.38. The van der Waals surface area contributed by atoms with E-state index in [0.29, 0.717) is 5.02 Å². The van der Waals surface area contributed by atoms with Gasteiger partial charge in [0.15, 0.2) is 0 Å². The standard InChI is InChI=1S/C12H12BrClN2O/c1-2-15-11(12-8(13)5-7-17-12)10-9(14)4-3-6-16-10/h3-7,11,15H,2H2,1H3. The summed E-state index contributed by atoms with van der Waals surface area (Å²) < 4.78 is 6.39. The third kappa shape index (κ3) is 2.70. The Kier molecular flexibility index (Phi) is 4.20. The summed E-state index contributed by atoms with van der Waals surface area (Å²) >= 11 is 9.62. The monoisotopic (exact) mass is 314 g/mol. The van der Waals surface area contributed by atoms with E-state index in [9.17, 15) is 0 Å². The highest BCUT2D eigenvalue weighted by Crippen LogP contribution is 2.31. The lowest BCUT2D eigenvalue weighted by atomic mass is 10.1. The fraction of sp³-hybridized carbons (Fsp3) is 0.250. The molecule has 0 saturated carbocycles. The van der Waals surface area contributed by atoms with E-state index in [0.717, 1.165) is 22.5 Å². The molecule has 1 unspecified atom stereocenters. The molecular formula is C12H12BrClN2O. The molecule has 2 aromatic rings. The second-order valence-corrected chi connectivity index (χ2v) is 4.76. The molecule has 1 atom stereocenters. The highest BCUT2D eigenvalue weighted by atomic mass is 79.9. The minimum absolute atomic E-state index is 0.141. The first-order chi connectivity index (χ1) is 8.24. The molecule has 17 heavy (non-hydrogen) atoms.